The number of nitrogens with zero attached hydrogens (tertiary/aromatic N) is 2. The molecule has 5 heteroatoms. The van der Waals surface area contributed by atoms with Crippen molar-refractivity contribution < 1.29 is 0 Å². The van der Waals surface area contributed by atoms with Gasteiger partial charge in [-0.25, -0.2) is 0 Å². The summed E-state index contributed by atoms with van der Waals surface area (Å²) in [6.07, 6.45) is 1.80. The summed E-state index contributed by atoms with van der Waals surface area (Å²) in [6.45, 7) is 2.79. The van der Waals surface area contributed by atoms with Crippen molar-refractivity contribution in [3.63, 3.8) is 0 Å². The van der Waals surface area contributed by atoms with Gasteiger partial charge < -0.3 is 5.73 Å². The van der Waals surface area contributed by atoms with E-state index in [2.05, 4.69) is 5.10 Å². The van der Waals surface area contributed by atoms with Gasteiger partial charge in [0.05, 0.1) is 15.7 Å². The SMILES string of the molecule is CCn1cc(N)c(-c2ccc(Cl)c(Cl)c2)n1. The zero-order valence-electron chi connectivity index (χ0n) is 8.74. The molecule has 1 aromatic carbocycles. The number of hydrogen-bond acceptors (Lipinski definition) is 2. The average molecular weight is 256 g/mol. The lowest BCUT2D eigenvalue weighted by atomic mass is 10.1. The van der Waals surface area contributed by atoms with Crippen molar-refractivity contribution in [1.82, 2.24) is 9.78 Å². The molecule has 0 aliphatic carbocycles. The fraction of sp³-hybridized carbons (Fsp3) is 0.182. The molecule has 1 aromatic heterocycles. The smallest absolute Gasteiger partial charge is 0.115 e. The van der Waals surface area contributed by atoms with Crippen molar-refractivity contribution in [2.24, 2.45) is 0 Å². The minimum absolute atomic E-state index is 0.504. The van der Waals surface area contributed by atoms with Gasteiger partial charge >= 0.3 is 0 Å². The van der Waals surface area contributed by atoms with Gasteiger partial charge in [-0.05, 0) is 19.1 Å². The Labute approximate surface area is 104 Å². The standard InChI is InChI=1S/C11H11Cl2N3/c1-2-16-6-10(14)11(15-16)7-3-4-8(12)9(13)5-7/h3-6H,2,14H2,1H3. The minimum Gasteiger partial charge on any atom is -0.396 e. The summed E-state index contributed by atoms with van der Waals surface area (Å²) < 4.78 is 1.78. The molecule has 0 amide bonds. The molecule has 1 heterocycles. The average Bonchev–Trinajstić information content (AvgIpc) is 2.64. The second kappa shape index (κ2) is 4.36. The van der Waals surface area contributed by atoms with Gasteiger partial charge in [-0.3, -0.25) is 4.68 Å². The van der Waals surface area contributed by atoms with Crippen LogP contribution in [0.1, 0.15) is 6.92 Å². The highest BCUT2D eigenvalue weighted by molar-refractivity contribution is 6.42. The summed E-state index contributed by atoms with van der Waals surface area (Å²) in [7, 11) is 0. The van der Waals surface area contributed by atoms with Crippen LogP contribution in [0.3, 0.4) is 0 Å². The first-order valence-corrected chi connectivity index (χ1v) is 5.65. The molecule has 0 fully saturated rings. The molecule has 0 aliphatic heterocycles. The molecule has 0 unspecified atom stereocenters. The van der Waals surface area contributed by atoms with Gasteiger partial charge in [0.2, 0.25) is 0 Å². The maximum absolute atomic E-state index is 5.95. The van der Waals surface area contributed by atoms with E-state index in [0.717, 1.165) is 17.8 Å². The summed E-state index contributed by atoms with van der Waals surface area (Å²) in [5.41, 5.74) is 8.13. The van der Waals surface area contributed by atoms with Crippen LogP contribution in [-0.4, -0.2) is 9.78 Å². The van der Waals surface area contributed by atoms with E-state index in [1.165, 1.54) is 0 Å². The quantitative estimate of drug-likeness (QED) is 0.894. The van der Waals surface area contributed by atoms with E-state index in [4.69, 9.17) is 28.9 Å². The van der Waals surface area contributed by atoms with E-state index in [-0.39, 0.29) is 0 Å². The number of aromatic nitrogens is 2. The molecule has 2 rings (SSSR count). The van der Waals surface area contributed by atoms with Crippen LogP contribution < -0.4 is 5.73 Å². The fourth-order valence-electron chi connectivity index (χ4n) is 1.47. The lowest BCUT2D eigenvalue weighted by Gasteiger charge is -2.01. The summed E-state index contributed by atoms with van der Waals surface area (Å²) in [5, 5.41) is 5.39. The van der Waals surface area contributed by atoms with Crippen LogP contribution in [0.25, 0.3) is 11.3 Å². The maximum Gasteiger partial charge on any atom is 0.115 e. The number of nitrogen functional groups attached to an aromatic ring is 1. The number of hydrogen-bond donors (Lipinski definition) is 1. The van der Waals surface area contributed by atoms with Crippen molar-refractivity contribution >= 4 is 28.9 Å². The normalized spacial score (nSPS) is 10.7. The largest absolute Gasteiger partial charge is 0.396 e. The van der Waals surface area contributed by atoms with Gasteiger partial charge in [0.15, 0.2) is 0 Å². The Kier molecular flexibility index (Phi) is 3.08. The van der Waals surface area contributed by atoms with Crippen molar-refractivity contribution in [3.8, 4) is 11.3 Å². The predicted octanol–water partition coefficient (Wildman–Crippen LogP) is 3.46. The van der Waals surface area contributed by atoms with Crippen LogP contribution in [0.15, 0.2) is 24.4 Å². The Morgan fingerprint density at radius 3 is 2.62 bits per heavy atom. The topological polar surface area (TPSA) is 43.8 Å². The molecular weight excluding hydrogens is 245 g/mol. The Hall–Kier alpha value is -1.19. The predicted molar refractivity (Wildman–Crippen MR) is 67.8 cm³/mol. The second-order valence-corrected chi connectivity index (χ2v) is 4.23. The van der Waals surface area contributed by atoms with E-state index in [9.17, 15) is 0 Å². The zero-order chi connectivity index (χ0) is 11.7. The first-order valence-electron chi connectivity index (χ1n) is 4.90. The molecule has 0 saturated heterocycles. The number of halogens is 2. The van der Waals surface area contributed by atoms with E-state index in [1.807, 2.05) is 13.0 Å². The first kappa shape index (κ1) is 11.3. The third-order valence-electron chi connectivity index (χ3n) is 2.31. The van der Waals surface area contributed by atoms with Crippen LogP contribution in [0.2, 0.25) is 10.0 Å². The summed E-state index contributed by atoms with van der Waals surface area (Å²) in [5.74, 6) is 0. The highest BCUT2D eigenvalue weighted by atomic mass is 35.5. The molecule has 2 N–H and O–H groups in total. The van der Waals surface area contributed by atoms with Crippen LogP contribution in [0.4, 0.5) is 5.69 Å². The van der Waals surface area contributed by atoms with Crippen LogP contribution in [0.5, 0.6) is 0 Å². The van der Waals surface area contributed by atoms with Crippen molar-refractivity contribution in [3.05, 3.63) is 34.4 Å². The number of aryl methyl sites for hydroxylation is 1. The third-order valence-corrected chi connectivity index (χ3v) is 3.05. The molecular formula is C11H11Cl2N3. The highest BCUT2D eigenvalue weighted by Gasteiger charge is 2.09. The minimum atomic E-state index is 0.504. The summed E-state index contributed by atoms with van der Waals surface area (Å²) in [6, 6.07) is 5.36. The van der Waals surface area contributed by atoms with Gasteiger partial charge in [0, 0.05) is 18.3 Å². The maximum atomic E-state index is 5.95. The van der Waals surface area contributed by atoms with E-state index < -0.39 is 0 Å². The summed E-state index contributed by atoms with van der Waals surface area (Å²) in [4.78, 5) is 0. The van der Waals surface area contributed by atoms with Gasteiger partial charge in [-0.2, -0.15) is 5.10 Å². The lowest BCUT2D eigenvalue weighted by molar-refractivity contribution is 0.662. The van der Waals surface area contributed by atoms with Gasteiger partial charge in [-0.15, -0.1) is 0 Å². The van der Waals surface area contributed by atoms with Crippen molar-refractivity contribution in [1.29, 1.82) is 0 Å². The molecule has 3 nitrogen and oxygen atoms in total. The van der Waals surface area contributed by atoms with Crippen molar-refractivity contribution in [2.75, 3.05) is 5.73 Å². The van der Waals surface area contributed by atoms with Gasteiger partial charge in [0.1, 0.15) is 5.69 Å². The van der Waals surface area contributed by atoms with Crippen LogP contribution in [0, 0.1) is 0 Å². The Balaban J connectivity index is 2.49. The summed E-state index contributed by atoms with van der Waals surface area (Å²) >= 11 is 11.8. The Bertz CT molecular complexity index is 520. The van der Waals surface area contributed by atoms with E-state index >= 15 is 0 Å². The first-order chi connectivity index (χ1) is 7.61. The highest BCUT2D eigenvalue weighted by Crippen LogP contribution is 2.30. The number of rotatable bonds is 2. The molecule has 0 radical (unpaired) electrons. The Morgan fingerprint density at radius 2 is 2.06 bits per heavy atom. The van der Waals surface area contributed by atoms with E-state index in [0.29, 0.717) is 15.7 Å². The van der Waals surface area contributed by atoms with Gasteiger partial charge in [0.25, 0.3) is 0 Å². The third kappa shape index (κ3) is 2.01. The second-order valence-electron chi connectivity index (χ2n) is 3.42. The monoisotopic (exact) mass is 255 g/mol. The number of anilines is 1. The molecule has 0 bridgehead atoms. The van der Waals surface area contributed by atoms with Gasteiger partial charge in [-0.1, -0.05) is 29.3 Å². The lowest BCUT2D eigenvalue weighted by Crippen LogP contribution is -1.93. The zero-order valence-corrected chi connectivity index (χ0v) is 10.3. The fourth-order valence-corrected chi connectivity index (χ4v) is 1.76. The Morgan fingerprint density at radius 1 is 1.31 bits per heavy atom. The molecule has 16 heavy (non-hydrogen) atoms. The molecule has 0 spiro atoms. The number of benzene rings is 1. The van der Waals surface area contributed by atoms with Crippen molar-refractivity contribution in [2.45, 2.75) is 13.5 Å². The molecule has 0 aliphatic rings. The number of nitrogens with two attached hydrogens (primary N) is 1. The molecule has 84 valence electrons. The molecule has 0 saturated carbocycles. The molecule has 2 aromatic rings. The van der Waals surface area contributed by atoms with E-state index in [1.54, 1.807) is 23.0 Å². The van der Waals surface area contributed by atoms with Crippen LogP contribution >= 0.6 is 23.2 Å². The molecule has 0 atom stereocenters. The van der Waals surface area contributed by atoms with Crippen LogP contribution in [-0.2, 0) is 6.54 Å².